The van der Waals surface area contributed by atoms with Crippen LogP contribution in [0.25, 0.3) is 10.9 Å². The Kier molecular flexibility index (Phi) is 3.31. The van der Waals surface area contributed by atoms with Crippen molar-refractivity contribution in [2.24, 2.45) is 0 Å². The standard InChI is InChI=1S/C15H10FNO3S/c16-21(18,19)13-8-6-12(7-9-13)20-14-5-1-3-11-4-2-10-17-15(11)14/h1-10H. The third-order valence-electron chi connectivity index (χ3n) is 2.93. The summed E-state index contributed by atoms with van der Waals surface area (Å²) >= 11 is 0. The van der Waals surface area contributed by atoms with Gasteiger partial charge in [-0.05, 0) is 36.4 Å². The second-order valence-corrected chi connectivity index (χ2v) is 5.69. The van der Waals surface area contributed by atoms with E-state index >= 15 is 0 Å². The fourth-order valence-corrected chi connectivity index (χ4v) is 2.42. The van der Waals surface area contributed by atoms with Gasteiger partial charge in [-0.1, -0.05) is 18.2 Å². The highest BCUT2D eigenvalue weighted by Crippen LogP contribution is 2.28. The molecule has 0 saturated heterocycles. The maximum Gasteiger partial charge on any atom is 0.332 e. The van der Waals surface area contributed by atoms with Crippen molar-refractivity contribution >= 4 is 21.1 Å². The number of ether oxygens (including phenoxy) is 1. The van der Waals surface area contributed by atoms with Crippen molar-refractivity contribution < 1.29 is 17.0 Å². The van der Waals surface area contributed by atoms with Crippen LogP contribution >= 0.6 is 0 Å². The Bertz CT molecular complexity index is 887. The van der Waals surface area contributed by atoms with Crippen LogP contribution in [0.3, 0.4) is 0 Å². The first-order chi connectivity index (χ1) is 10.0. The van der Waals surface area contributed by atoms with Crippen LogP contribution in [0.2, 0.25) is 0 Å². The van der Waals surface area contributed by atoms with Crippen LogP contribution in [0, 0.1) is 0 Å². The summed E-state index contributed by atoms with van der Waals surface area (Å²) in [6, 6.07) is 14.3. The molecule has 0 aliphatic heterocycles. The van der Waals surface area contributed by atoms with Crippen molar-refractivity contribution in [1.82, 2.24) is 4.98 Å². The smallest absolute Gasteiger partial charge is 0.332 e. The Labute approximate surface area is 121 Å². The molecule has 3 rings (SSSR count). The summed E-state index contributed by atoms with van der Waals surface area (Å²) in [6.07, 6.45) is 1.66. The lowest BCUT2D eigenvalue weighted by molar-refractivity contribution is 0.486. The minimum Gasteiger partial charge on any atom is -0.455 e. The van der Waals surface area contributed by atoms with Crippen LogP contribution < -0.4 is 4.74 Å². The van der Waals surface area contributed by atoms with Gasteiger partial charge in [-0.2, -0.15) is 8.42 Å². The number of benzene rings is 2. The summed E-state index contributed by atoms with van der Waals surface area (Å²) in [5.74, 6) is 0.949. The van der Waals surface area contributed by atoms with Gasteiger partial charge in [-0.15, -0.1) is 3.89 Å². The molecular weight excluding hydrogens is 293 g/mol. The average Bonchev–Trinajstić information content (AvgIpc) is 2.47. The largest absolute Gasteiger partial charge is 0.455 e. The second kappa shape index (κ2) is 5.14. The van der Waals surface area contributed by atoms with Crippen LogP contribution in [-0.4, -0.2) is 13.4 Å². The maximum atomic E-state index is 12.8. The minimum atomic E-state index is -4.70. The van der Waals surface area contributed by atoms with Gasteiger partial charge in [-0.25, -0.2) is 0 Å². The molecule has 0 amide bonds. The van der Waals surface area contributed by atoms with Gasteiger partial charge in [0.25, 0.3) is 0 Å². The number of rotatable bonds is 3. The van der Waals surface area contributed by atoms with E-state index in [9.17, 15) is 12.3 Å². The Hall–Kier alpha value is -2.47. The topological polar surface area (TPSA) is 56.3 Å². The molecule has 0 aliphatic carbocycles. The van der Waals surface area contributed by atoms with Crippen LogP contribution in [-0.2, 0) is 10.2 Å². The number of aromatic nitrogens is 1. The van der Waals surface area contributed by atoms with Gasteiger partial charge in [0.15, 0.2) is 5.75 Å². The molecule has 0 unspecified atom stereocenters. The molecule has 106 valence electrons. The third kappa shape index (κ3) is 2.85. The summed E-state index contributed by atoms with van der Waals surface area (Å²) in [4.78, 5) is 3.86. The number of para-hydroxylation sites is 1. The maximum absolute atomic E-state index is 12.8. The predicted molar refractivity (Wildman–Crippen MR) is 76.6 cm³/mol. The minimum absolute atomic E-state index is 0.397. The molecule has 0 aliphatic rings. The van der Waals surface area contributed by atoms with Gasteiger partial charge in [0.05, 0.1) is 4.90 Å². The van der Waals surface area contributed by atoms with E-state index in [0.29, 0.717) is 17.0 Å². The van der Waals surface area contributed by atoms with Gasteiger partial charge >= 0.3 is 10.2 Å². The van der Waals surface area contributed by atoms with E-state index in [1.807, 2.05) is 24.3 Å². The SMILES string of the molecule is O=S(=O)(F)c1ccc(Oc2cccc3cccnc23)cc1. The molecule has 0 fully saturated rings. The van der Waals surface area contributed by atoms with Crippen LogP contribution in [0.4, 0.5) is 3.89 Å². The molecule has 0 radical (unpaired) electrons. The molecular formula is C15H10FNO3S. The van der Waals surface area contributed by atoms with Gasteiger partial charge in [0.2, 0.25) is 0 Å². The lowest BCUT2D eigenvalue weighted by Gasteiger charge is -2.08. The summed E-state index contributed by atoms with van der Waals surface area (Å²) in [5.41, 5.74) is 0.696. The fraction of sp³-hybridized carbons (Fsp3) is 0. The quantitative estimate of drug-likeness (QED) is 0.692. The molecule has 21 heavy (non-hydrogen) atoms. The van der Waals surface area contributed by atoms with Gasteiger partial charge in [0.1, 0.15) is 11.3 Å². The molecule has 1 heterocycles. The van der Waals surface area contributed by atoms with E-state index in [1.165, 1.54) is 12.1 Å². The van der Waals surface area contributed by atoms with Crippen molar-refractivity contribution in [1.29, 1.82) is 0 Å². The van der Waals surface area contributed by atoms with E-state index < -0.39 is 15.1 Å². The second-order valence-electron chi connectivity index (χ2n) is 4.34. The van der Waals surface area contributed by atoms with Gasteiger partial charge in [-0.3, -0.25) is 4.98 Å². The monoisotopic (exact) mass is 303 g/mol. The number of pyridine rings is 1. The first-order valence-corrected chi connectivity index (χ1v) is 7.49. The lowest BCUT2D eigenvalue weighted by Crippen LogP contribution is -1.92. The zero-order valence-electron chi connectivity index (χ0n) is 10.7. The molecule has 3 aromatic rings. The van der Waals surface area contributed by atoms with Crippen molar-refractivity contribution in [3.05, 3.63) is 60.8 Å². The normalized spacial score (nSPS) is 11.5. The van der Waals surface area contributed by atoms with Gasteiger partial charge in [0, 0.05) is 11.6 Å². The number of nitrogens with zero attached hydrogens (tertiary/aromatic N) is 1. The van der Waals surface area contributed by atoms with Crippen molar-refractivity contribution in [2.75, 3.05) is 0 Å². The fourth-order valence-electron chi connectivity index (χ4n) is 1.96. The lowest BCUT2D eigenvalue weighted by atomic mass is 10.2. The van der Waals surface area contributed by atoms with Gasteiger partial charge < -0.3 is 4.74 Å². The summed E-state index contributed by atoms with van der Waals surface area (Å²) in [6.45, 7) is 0. The highest BCUT2D eigenvalue weighted by molar-refractivity contribution is 7.86. The first kappa shape index (κ1) is 13.5. The highest BCUT2D eigenvalue weighted by Gasteiger charge is 2.11. The Morgan fingerprint density at radius 3 is 2.38 bits per heavy atom. The van der Waals surface area contributed by atoms with Crippen LogP contribution in [0.1, 0.15) is 0 Å². The van der Waals surface area contributed by atoms with E-state index in [0.717, 1.165) is 17.5 Å². The average molecular weight is 303 g/mol. The molecule has 2 aromatic carbocycles. The summed E-state index contributed by atoms with van der Waals surface area (Å²) < 4.78 is 40.0. The zero-order chi connectivity index (χ0) is 14.9. The Balaban J connectivity index is 1.96. The number of halogens is 1. The molecule has 0 saturated carbocycles. The number of hydrogen-bond acceptors (Lipinski definition) is 4. The molecule has 6 heteroatoms. The molecule has 0 spiro atoms. The molecule has 1 aromatic heterocycles. The van der Waals surface area contributed by atoms with Crippen molar-refractivity contribution in [3.63, 3.8) is 0 Å². The van der Waals surface area contributed by atoms with E-state index in [1.54, 1.807) is 12.3 Å². The van der Waals surface area contributed by atoms with E-state index in [-0.39, 0.29) is 0 Å². The first-order valence-electron chi connectivity index (χ1n) is 6.10. The Morgan fingerprint density at radius 1 is 0.952 bits per heavy atom. The number of fused-ring (bicyclic) bond motifs is 1. The zero-order valence-corrected chi connectivity index (χ0v) is 11.5. The Morgan fingerprint density at radius 2 is 1.67 bits per heavy atom. The molecule has 0 N–H and O–H groups in total. The van der Waals surface area contributed by atoms with Crippen molar-refractivity contribution in [3.8, 4) is 11.5 Å². The van der Waals surface area contributed by atoms with Crippen molar-refractivity contribution in [2.45, 2.75) is 4.90 Å². The molecule has 0 atom stereocenters. The highest BCUT2D eigenvalue weighted by atomic mass is 32.3. The van der Waals surface area contributed by atoms with E-state index in [2.05, 4.69) is 4.98 Å². The van der Waals surface area contributed by atoms with Crippen LogP contribution in [0.5, 0.6) is 11.5 Å². The summed E-state index contributed by atoms with van der Waals surface area (Å²) in [5, 5.41) is 0.929. The number of hydrogen-bond donors (Lipinski definition) is 0. The molecule has 4 nitrogen and oxygen atoms in total. The van der Waals surface area contributed by atoms with Crippen LogP contribution in [0.15, 0.2) is 65.7 Å². The predicted octanol–water partition coefficient (Wildman–Crippen LogP) is 3.69. The molecule has 0 bridgehead atoms. The summed E-state index contributed by atoms with van der Waals surface area (Å²) in [7, 11) is -4.70. The third-order valence-corrected chi connectivity index (χ3v) is 3.76. The van der Waals surface area contributed by atoms with E-state index in [4.69, 9.17) is 4.74 Å².